The van der Waals surface area contributed by atoms with Crippen molar-refractivity contribution in [1.29, 1.82) is 0 Å². The average Bonchev–Trinajstić information content (AvgIpc) is 3.23. The van der Waals surface area contributed by atoms with E-state index in [1.165, 1.54) is 0 Å². The number of nitrogens with one attached hydrogen (secondary N) is 1. The van der Waals surface area contributed by atoms with Crippen molar-refractivity contribution in [1.82, 2.24) is 5.32 Å². The van der Waals surface area contributed by atoms with Gasteiger partial charge in [-0.2, -0.15) is 0 Å². The van der Waals surface area contributed by atoms with E-state index in [1.807, 2.05) is 24.3 Å². The molecule has 0 spiro atoms. The number of hydrogen-bond donors (Lipinski definition) is 2. The van der Waals surface area contributed by atoms with Crippen molar-refractivity contribution in [2.24, 2.45) is 5.92 Å². The van der Waals surface area contributed by atoms with E-state index in [2.05, 4.69) is 5.32 Å². The third-order valence-corrected chi connectivity index (χ3v) is 4.30. The maximum absolute atomic E-state index is 12.0. The van der Waals surface area contributed by atoms with Gasteiger partial charge in [0.2, 0.25) is 5.91 Å². The molecule has 2 unspecified atom stereocenters. The number of halogens is 1. The Morgan fingerprint density at radius 3 is 2.58 bits per heavy atom. The molecule has 19 heavy (non-hydrogen) atoms. The van der Waals surface area contributed by atoms with Gasteiger partial charge < -0.3 is 10.4 Å². The molecule has 0 aromatic heterocycles. The van der Waals surface area contributed by atoms with Crippen molar-refractivity contribution in [3.63, 3.8) is 0 Å². The number of carbonyl (C=O) groups is 2. The first-order valence-electron chi connectivity index (χ1n) is 6.33. The van der Waals surface area contributed by atoms with Crippen LogP contribution >= 0.6 is 11.6 Å². The molecule has 2 atom stereocenters. The van der Waals surface area contributed by atoms with Crippen LogP contribution in [0.5, 0.6) is 0 Å². The van der Waals surface area contributed by atoms with Crippen molar-refractivity contribution < 1.29 is 14.7 Å². The van der Waals surface area contributed by atoms with Gasteiger partial charge in [0, 0.05) is 10.9 Å². The molecule has 2 N–H and O–H groups in total. The van der Waals surface area contributed by atoms with Crippen molar-refractivity contribution in [2.45, 2.75) is 30.7 Å². The molecule has 2 aliphatic carbocycles. The van der Waals surface area contributed by atoms with Gasteiger partial charge in [0.25, 0.3) is 0 Å². The Morgan fingerprint density at radius 1 is 1.32 bits per heavy atom. The van der Waals surface area contributed by atoms with Gasteiger partial charge in [-0.1, -0.05) is 29.8 Å². The molecule has 0 aliphatic heterocycles. The number of benzene rings is 1. The van der Waals surface area contributed by atoms with Gasteiger partial charge >= 0.3 is 5.97 Å². The first-order chi connectivity index (χ1) is 9.03. The topological polar surface area (TPSA) is 66.4 Å². The quantitative estimate of drug-likeness (QED) is 0.888. The van der Waals surface area contributed by atoms with Crippen LogP contribution in [0, 0.1) is 5.92 Å². The van der Waals surface area contributed by atoms with Gasteiger partial charge in [0.1, 0.15) is 5.54 Å². The number of hydrogen-bond acceptors (Lipinski definition) is 2. The molecule has 2 fully saturated rings. The second kappa shape index (κ2) is 4.23. The Kier molecular flexibility index (Phi) is 2.78. The lowest BCUT2D eigenvalue weighted by molar-refractivity contribution is -0.143. The molecule has 3 rings (SSSR count). The highest BCUT2D eigenvalue weighted by atomic mass is 35.5. The standard InChI is InChI=1S/C14H14ClNO3/c15-11-4-2-1-3-8(11)9-7-10(9)12(17)16-14(5-6-14)13(18)19/h1-4,9-10H,5-7H2,(H,16,17)(H,18,19). The molecular formula is C14H14ClNO3. The van der Waals surface area contributed by atoms with Crippen LogP contribution in [0.15, 0.2) is 24.3 Å². The van der Waals surface area contributed by atoms with Crippen molar-refractivity contribution >= 4 is 23.5 Å². The van der Waals surface area contributed by atoms with Gasteiger partial charge in [0.05, 0.1) is 0 Å². The maximum Gasteiger partial charge on any atom is 0.329 e. The van der Waals surface area contributed by atoms with E-state index in [1.54, 1.807) is 0 Å². The molecule has 0 saturated heterocycles. The third kappa shape index (κ3) is 2.21. The van der Waals surface area contributed by atoms with Crippen LogP contribution in [0.3, 0.4) is 0 Å². The Balaban J connectivity index is 1.66. The summed E-state index contributed by atoms with van der Waals surface area (Å²) in [6.45, 7) is 0. The lowest BCUT2D eigenvalue weighted by Gasteiger charge is -2.12. The summed E-state index contributed by atoms with van der Waals surface area (Å²) in [5.41, 5.74) is -0.0190. The molecule has 0 bridgehead atoms. The van der Waals surface area contributed by atoms with Crippen molar-refractivity contribution in [2.75, 3.05) is 0 Å². The van der Waals surface area contributed by atoms with E-state index in [0.717, 1.165) is 12.0 Å². The minimum Gasteiger partial charge on any atom is -0.480 e. The molecular weight excluding hydrogens is 266 g/mol. The molecule has 1 aromatic rings. The van der Waals surface area contributed by atoms with Crippen LogP contribution in [0.2, 0.25) is 5.02 Å². The summed E-state index contributed by atoms with van der Waals surface area (Å²) in [6.07, 6.45) is 1.79. The fourth-order valence-corrected chi connectivity index (χ4v) is 2.73. The zero-order chi connectivity index (χ0) is 13.6. The Morgan fingerprint density at radius 2 is 2.00 bits per heavy atom. The van der Waals surface area contributed by atoms with Crippen LogP contribution in [0.1, 0.15) is 30.7 Å². The van der Waals surface area contributed by atoms with E-state index >= 15 is 0 Å². The van der Waals surface area contributed by atoms with E-state index in [-0.39, 0.29) is 17.7 Å². The summed E-state index contributed by atoms with van der Waals surface area (Å²) >= 11 is 6.10. The third-order valence-electron chi connectivity index (χ3n) is 3.95. The fourth-order valence-electron chi connectivity index (χ4n) is 2.45. The van der Waals surface area contributed by atoms with E-state index in [0.29, 0.717) is 17.9 Å². The zero-order valence-corrected chi connectivity index (χ0v) is 11.0. The Labute approximate surface area is 115 Å². The van der Waals surface area contributed by atoms with Gasteiger partial charge in [-0.15, -0.1) is 0 Å². The van der Waals surface area contributed by atoms with E-state index < -0.39 is 11.5 Å². The molecule has 2 saturated carbocycles. The monoisotopic (exact) mass is 279 g/mol. The predicted molar refractivity (Wildman–Crippen MR) is 70.0 cm³/mol. The largest absolute Gasteiger partial charge is 0.480 e. The molecule has 4 nitrogen and oxygen atoms in total. The predicted octanol–water partition coefficient (Wildman–Crippen LogP) is 2.18. The van der Waals surface area contributed by atoms with Crippen LogP contribution in [-0.2, 0) is 9.59 Å². The van der Waals surface area contributed by atoms with Gasteiger partial charge in [-0.05, 0) is 36.8 Å². The first-order valence-corrected chi connectivity index (χ1v) is 6.71. The molecule has 0 heterocycles. The van der Waals surface area contributed by atoms with Crippen molar-refractivity contribution in [3.05, 3.63) is 34.9 Å². The van der Waals surface area contributed by atoms with Gasteiger partial charge in [-0.3, -0.25) is 4.79 Å². The summed E-state index contributed by atoms with van der Waals surface area (Å²) in [6, 6.07) is 7.48. The summed E-state index contributed by atoms with van der Waals surface area (Å²) in [5.74, 6) is -1.12. The molecule has 0 radical (unpaired) electrons. The number of aliphatic carboxylic acids is 1. The summed E-state index contributed by atoms with van der Waals surface area (Å²) in [5, 5.41) is 12.4. The average molecular weight is 280 g/mol. The number of amides is 1. The minimum absolute atomic E-state index is 0.123. The lowest BCUT2D eigenvalue weighted by atomic mass is 10.1. The molecule has 1 aromatic carbocycles. The Bertz CT molecular complexity index is 553. The van der Waals surface area contributed by atoms with Crippen LogP contribution < -0.4 is 5.32 Å². The second-order valence-corrected chi connectivity index (χ2v) is 5.75. The van der Waals surface area contributed by atoms with Crippen LogP contribution in [0.4, 0.5) is 0 Å². The molecule has 5 heteroatoms. The fraction of sp³-hybridized carbons (Fsp3) is 0.429. The molecule has 1 amide bonds. The SMILES string of the molecule is O=C(NC1(C(=O)O)CC1)C1CC1c1ccccc1Cl. The number of carboxylic acid groups (broad SMARTS) is 1. The first kappa shape index (κ1) is 12.5. The second-order valence-electron chi connectivity index (χ2n) is 5.35. The number of rotatable bonds is 4. The van der Waals surface area contributed by atoms with Gasteiger partial charge in [0.15, 0.2) is 0 Å². The normalized spacial score (nSPS) is 26.6. The van der Waals surface area contributed by atoms with E-state index in [4.69, 9.17) is 16.7 Å². The van der Waals surface area contributed by atoms with Crippen molar-refractivity contribution in [3.8, 4) is 0 Å². The van der Waals surface area contributed by atoms with E-state index in [9.17, 15) is 9.59 Å². The summed E-state index contributed by atoms with van der Waals surface area (Å²) in [4.78, 5) is 23.1. The maximum atomic E-state index is 12.0. The highest BCUT2D eigenvalue weighted by Gasteiger charge is 2.55. The number of carbonyl (C=O) groups excluding carboxylic acids is 1. The minimum atomic E-state index is -0.995. The lowest BCUT2D eigenvalue weighted by Crippen LogP contribution is -2.43. The summed E-state index contributed by atoms with van der Waals surface area (Å²) < 4.78 is 0. The number of carboxylic acids is 1. The molecule has 2 aliphatic rings. The smallest absolute Gasteiger partial charge is 0.329 e. The zero-order valence-electron chi connectivity index (χ0n) is 10.2. The van der Waals surface area contributed by atoms with Crippen LogP contribution in [-0.4, -0.2) is 22.5 Å². The van der Waals surface area contributed by atoms with Crippen LogP contribution in [0.25, 0.3) is 0 Å². The highest BCUT2D eigenvalue weighted by molar-refractivity contribution is 6.31. The molecule has 100 valence electrons. The van der Waals surface area contributed by atoms with Gasteiger partial charge in [-0.25, -0.2) is 4.79 Å². The Hall–Kier alpha value is -1.55. The highest BCUT2D eigenvalue weighted by Crippen LogP contribution is 2.50. The summed E-state index contributed by atoms with van der Waals surface area (Å²) in [7, 11) is 0.